The lowest BCUT2D eigenvalue weighted by Crippen LogP contribution is -2.31. The summed E-state index contributed by atoms with van der Waals surface area (Å²) in [6.07, 6.45) is 3.07. The summed E-state index contributed by atoms with van der Waals surface area (Å²) in [5.74, 6) is 0. The fourth-order valence-corrected chi connectivity index (χ4v) is 3.74. The molecule has 1 fully saturated rings. The highest BCUT2D eigenvalue weighted by Gasteiger charge is 2.18. The van der Waals surface area contributed by atoms with E-state index in [0.29, 0.717) is 23.7 Å². The number of sulfonamides is 1. The Labute approximate surface area is 120 Å². The molecule has 0 saturated carbocycles. The van der Waals surface area contributed by atoms with E-state index < -0.39 is 10.0 Å². The van der Waals surface area contributed by atoms with E-state index in [1.807, 2.05) is 6.07 Å². The first-order chi connectivity index (χ1) is 9.53. The first-order valence-electron chi connectivity index (χ1n) is 6.77. The minimum Gasteiger partial charge on any atom is -0.314 e. The van der Waals surface area contributed by atoms with Gasteiger partial charge in [0.05, 0.1) is 16.5 Å². The Morgan fingerprint density at radius 2 is 2.30 bits per heavy atom. The van der Waals surface area contributed by atoms with Gasteiger partial charge in [0, 0.05) is 12.6 Å². The van der Waals surface area contributed by atoms with Crippen LogP contribution in [0.4, 0.5) is 0 Å². The molecular weight excluding hydrogens is 274 g/mol. The fourth-order valence-electron chi connectivity index (χ4n) is 2.47. The maximum Gasteiger partial charge on any atom is 0.240 e. The summed E-state index contributed by atoms with van der Waals surface area (Å²) in [4.78, 5) is 0.246. The zero-order valence-corrected chi connectivity index (χ0v) is 12.3. The van der Waals surface area contributed by atoms with E-state index in [4.69, 9.17) is 5.26 Å². The van der Waals surface area contributed by atoms with Crippen molar-refractivity contribution in [1.29, 1.82) is 5.26 Å². The summed E-state index contributed by atoms with van der Waals surface area (Å²) in [6, 6.07) is 7.03. The topological polar surface area (TPSA) is 82.0 Å². The second kappa shape index (κ2) is 6.35. The number of nitrogens with one attached hydrogen (secondary N) is 2. The summed E-state index contributed by atoms with van der Waals surface area (Å²) < 4.78 is 27.1. The first kappa shape index (κ1) is 15.0. The molecule has 1 aliphatic rings. The second-order valence-electron chi connectivity index (χ2n) is 5.07. The molecule has 0 amide bonds. The monoisotopic (exact) mass is 293 g/mol. The lowest BCUT2D eigenvalue weighted by molar-refractivity contribution is 0.539. The largest absolute Gasteiger partial charge is 0.314 e. The fraction of sp³-hybridized carbons (Fsp3) is 0.500. The van der Waals surface area contributed by atoms with Crippen molar-refractivity contribution >= 4 is 10.0 Å². The van der Waals surface area contributed by atoms with E-state index in [9.17, 15) is 8.42 Å². The second-order valence-corrected chi connectivity index (χ2v) is 6.81. The number of aryl methyl sites for hydroxylation is 1. The molecule has 1 aliphatic heterocycles. The van der Waals surface area contributed by atoms with Crippen LogP contribution in [0.1, 0.15) is 30.4 Å². The van der Waals surface area contributed by atoms with Crippen LogP contribution in [-0.2, 0) is 10.0 Å². The molecule has 20 heavy (non-hydrogen) atoms. The van der Waals surface area contributed by atoms with E-state index in [1.165, 1.54) is 12.1 Å². The highest BCUT2D eigenvalue weighted by molar-refractivity contribution is 7.89. The number of hydrogen-bond acceptors (Lipinski definition) is 4. The quantitative estimate of drug-likeness (QED) is 0.857. The number of nitriles is 1. The number of rotatable bonds is 5. The summed E-state index contributed by atoms with van der Waals surface area (Å²) >= 11 is 0. The Kier molecular flexibility index (Phi) is 4.76. The van der Waals surface area contributed by atoms with Crippen molar-refractivity contribution < 1.29 is 8.42 Å². The van der Waals surface area contributed by atoms with Gasteiger partial charge in [0.15, 0.2) is 0 Å². The predicted molar refractivity (Wildman–Crippen MR) is 76.7 cm³/mol. The molecule has 0 aromatic heterocycles. The summed E-state index contributed by atoms with van der Waals surface area (Å²) in [6.45, 7) is 3.15. The lowest BCUT2D eigenvalue weighted by atomic mass is 10.2. The third-order valence-electron chi connectivity index (χ3n) is 3.54. The van der Waals surface area contributed by atoms with Crippen LogP contribution in [0.2, 0.25) is 0 Å². The molecule has 5 nitrogen and oxygen atoms in total. The summed E-state index contributed by atoms with van der Waals surface area (Å²) in [5.41, 5.74) is 1.06. The smallest absolute Gasteiger partial charge is 0.240 e. The van der Waals surface area contributed by atoms with Gasteiger partial charge in [-0.2, -0.15) is 5.26 Å². The number of benzene rings is 1. The Morgan fingerprint density at radius 3 is 2.90 bits per heavy atom. The van der Waals surface area contributed by atoms with Gasteiger partial charge < -0.3 is 5.32 Å². The molecule has 1 aromatic rings. The van der Waals surface area contributed by atoms with E-state index in [0.717, 1.165) is 25.8 Å². The minimum atomic E-state index is -3.49. The van der Waals surface area contributed by atoms with Gasteiger partial charge in [-0.25, -0.2) is 13.1 Å². The van der Waals surface area contributed by atoms with Crippen LogP contribution >= 0.6 is 0 Å². The predicted octanol–water partition coefficient (Wildman–Crippen LogP) is 1.29. The zero-order valence-electron chi connectivity index (χ0n) is 11.5. The van der Waals surface area contributed by atoms with Crippen molar-refractivity contribution in [3.8, 4) is 6.07 Å². The maximum atomic E-state index is 12.2. The van der Waals surface area contributed by atoms with E-state index in [1.54, 1.807) is 13.0 Å². The Balaban J connectivity index is 2.00. The Hall–Kier alpha value is -1.42. The van der Waals surface area contributed by atoms with Crippen LogP contribution in [0.15, 0.2) is 23.1 Å². The molecule has 2 rings (SSSR count). The molecule has 1 heterocycles. The highest BCUT2D eigenvalue weighted by atomic mass is 32.2. The standard InChI is InChI=1S/C14H19N3O2S/c1-11-9-12(10-15)4-5-14(11)20(18,19)17-8-6-13-3-2-7-16-13/h4-5,9,13,16-17H,2-3,6-8H2,1H3. The van der Waals surface area contributed by atoms with Gasteiger partial charge in [0.1, 0.15) is 0 Å². The molecule has 1 atom stereocenters. The van der Waals surface area contributed by atoms with E-state index in [2.05, 4.69) is 10.0 Å². The van der Waals surface area contributed by atoms with Gasteiger partial charge in [0.2, 0.25) is 10.0 Å². The zero-order chi connectivity index (χ0) is 14.6. The average molecular weight is 293 g/mol. The Morgan fingerprint density at radius 1 is 1.50 bits per heavy atom. The molecule has 108 valence electrons. The third kappa shape index (κ3) is 3.57. The van der Waals surface area contributed by atoms with Gasteiger partial charge in [-0.3, -0.25) is 0 Å². The number of nitrogens with zero attached hydrogens (tertiary/aromatic N) is 1. The van der Waals surface area contributed by atoms with Crippen LogP contribution in [0.25, 0.3) is 0 Å². The summed E-state index contributed by atoms with van der Waals surface area (Å²) in [5, 5.41) is 12.1. The van der Waals surface area contributed by atoms with Crippen LogP contribution < -0.4 is 10.0 Å². The molecule has 0 bridgehead atoms. The van der Waals surface area contributed by atoms with Crippen LogP contribution in [-0.4, -0.2) is 27.5 Å². The molecule has 0 radical (unpaired) electrons. The lowest BCUT2D eigenvalue weighted by Gasteiger charge is -2.12. The molecule has 2 N–H and O–H groups in total. The molecular formula is C14H19N3O2S. The van der Waals surface area contributed by atoms with Crippen molar-refractivity contribution in [2.45, 2.75) is 37.1 Å². The van der Waals surface area contributed by atoms with E-state index >= 15 is 0 Å². The Bertz CT molecular complexity index is 614. The van der Waals surface area contributed by atoms with Crippen molar-refractivity contribution in [2.24, 2.45) is 0 Å². The molecule has 1 saturated heterocycles. The maximum absolute atomic E-state index is 12.2. The molecule has 1 unspecified atom stereocenters. The van der Waals surface area contributed by atoms with Gasteiger partial charge >= 0.3 is 0 Å². The van der Waals surface area contributed by atoms with Gasteiger partial charge in [-0.15, -0.1) is 0 Å². The van der Waals surface area contributed by atoms with Crippen molar-refractivity contribution in [3.05, 3.63) is 29.3 Å². The van der Waals surface area contributed by atoms with Crippen LogP contribution in [0.5, 0.6) is 0 Å². The molecule has 6 heteroatoms. The van der Waals surface area contributed by atoms with Gasteiger partial charge in [0.25, 0.3) is 0 Å². The highest BCUT2D eigenvalue weighted by Crippen LogP contribution is 2.16. The molecule has 0 spiro atoms. The molecule has 0 aliphatic carbocycles. The van der Waals surface area contributed by atoms with Gasteiger partial charge in [-0.1, -0.05) is 0 Å². The normalized spacial score (nSPS) is 18.9. The first-order valence-corrected chi connectivity index (χ1v) is 8.25. The van der Waals surface area contributed by atoms with E-state index in [-0.39, 0.29) is 4.90 Å². The van der Waals surface area contributed by atoms with Gasteiger partial charge in [-0.05, 0) is 56.5 Å². The minimum absolute atomic E-state index is 0.246. The van der Waals surface area contributed by atoms with Crippen LogP contribution in [0, 0.1) is 18.3 Å². The SMILES string of the molecule is Cc1cc(C#N)ccc1S(=O)(=O)NCCC1CCCN1. The van der Waals surface area contributed by atoms with Crippen molar-refractivity contribution in [1.82, 2.24) is 10.0 Å². The van der Waals surface area contributed by atoms with Crippen LogP contribution in [0.3, 0.4) is 0 Å². The van der Waals surface area contributed by atoms with Crippen molar-refractivity contribution in [3.63, 3.8) is 0 Å². The van der Waals surface area contributed by atoms with Crippen molar-refractivity contribution in [2.75, 3.05) is 13.1 Å². The molecule has 1 aromatic carbocycles. The average Bonchev–Trinajstić information content (AvgIpc) is 2.91. The third-order valence-corrected chi connectivity index (χ3v) is 5.16. The number of hydrogen-bond donors (Lipinski definition) is 2. The summed E-state index contributed by atoms with van der Waals surface area (Å²) in [7, 11) is -3.49.